The molecule has 9 nitrogen and oxygen atoms in total. The maximum absolute atomic E-state index is 13.2. The molecule has 3 heterocycles. The Bertz CT molecular complexity index is 868. The van der Waals surface area contributed by atoms with E-state index in [0.29, 0.717) is 30.6 Å². The zero-order valence-electron chi connectivity index (χ0n) is 15.6. The van der Waals surface area contributed by atoms with Crippen molar-refractivity contribution in [3.8, 4) is 0 Å². The number of aromatic nitrogens is 4. The fraction of sp³-hybridized carbons (Fsp3) is 0.611. The van der Waals surface area contributed by atoms with E-state index in [9.17, 15) is 9.59 Å². The van der Waals surface area contributed by atoms with E-state index in [-0.39, 0.29) is 29.5 Å². The Balaban J connectivity index is 1.58. The number of methoxy groups -OCH3 is 1. The summed E-state index contributed by atoms with van der Waals surface area (Å²) in [5.74, 6) is -0.0104. The first-order valence-corrected chi connectivity index (χ1v) is 9.39. The van der Waals surface area contributed by atoms with Gasteiger partial charge in [0, 0.05) is 32.3 Å². The van der Waals surface area contributed by atoms with Crippen molar-refractivity contribution >= 4 is 17.5 Å². The van der Waals surface area contributed by atoms with Crippen LogP contribution in [0.15, 0.2) is 18.3 Å². The Kier molecular flexibility index (Phi) is 4.55. The van der Waals surface area contributed by atoms with E-state index in [1.807, 2.05) is 11.8 Å². The summed E-state index contributed by atoms with van der Waals surface area (Å²) in [6.45, 7) is 2.48. The number of nitrogens with one attached hydrogen (secondary N) is 1. The van der Waals surface area contributed by atoms with Crippen molar-refractivity contribution in [3.63, 3.8) is 0 Å². The first-order valence-electron chi connectivity index (χ1n) is 9.39. The molecule has 2 aromatic rings. The number of nitrogens with zero attached hydrogens (tertiary/aromatic N) is 5. The van der Waals surface area contributed by atoms with Gasteiger partial charge in [0.2, 0.25) is 5.91 Å². The predicted molar refractivity (Wildman–Crippen MR) is 96.0 cm³/mol. The number of rotatable bonds is 4. The lowest BCUT2D eigenvalue weighted by Crippen LogP contribution is -2.55. The van der Waals surface area contributed by atoms with E-state index >= 15 is 0 Å². The molecule has 1 N–H and O–H groups in total. The van der Waals surface area contributed by atoms with Crippen molar-refractivity contribution < 1.29 is 14.3 Å². The Labute approximate surface area is 157 Å². The van der Waals surface area contributed by atoms with Crippen molar-refractivity contribution in [3.05, 3.63) is 23.9 Å². The number of fused-ring (bicyclic) bond motifs is 2. The Hall–Kier alpha value is -2.55. The number of hydrogen-bond donors (Lipinski definition) is 1. The number of pyridine rings is 1. The highest BCUT2D eigenvalue weighted by Gasteiger charge is 2.52. The second-order valence-corrected chi connectivity index (χ2v) is 7.33. The van der Waals surface area contributed by atoms with Crippen molar-refractivity contribution in [1.82, 2.24) is 30.3 Å². The fourth-order valence-corrected chi connectivity index (χ4v) is 4.43. The molecule has 0 radical (unpaired) electrons. The molecule has 0 unspecified atom stereocenters. The summed E-state index contributed by atoms with van der Waals surface area (Å²) in [7, 11) is 1.72. The average molecular weight is 372 g/mol. The molecule has 3 atom stereocenters. The molecule has 27 heavy (non-hydrogen) atoms. The quantitative estimate of drug-likeness (QED) is 0.852. The maximum Gasteiger partial charge on any atom is 0.255 e. The second-order valence-electron chi connectivity index (χ2n) is 7.33. The summed E-state index contributed by atoms with van der Waals surface area (Å²) >= 11 is 0. The van der Waals surface area contributed by atoms with Crippen molar-refractivity contribution in [2.75, 3.05) is 13.7 Å². The standard InChI is InChI=1S/C18H24N6O3/c1-3-16(25)19-13-6-7-18(27-2)8-9-23(14(18)10-13)17(26)12-4-5-15-20-21-22-24(15)11-12/h4-5,11,13-14H,3,6-10H2,1-2H3,(H,19,25)/t13-,14+,18-/m1/s1. The highest BCUT2D eigenvalue weighted by molar-refractivity contribution is 5.94. The number of carbonyl (C=O) groups is 2. The summed E-state index contributed by atoms with van der Waals surface area (Å²) < 4.78 is 7.41. The minimum absolute atomic E-state index is 0.0462. The van der Waals surface area contributed by atoms with Crippen LogP contribution in [0.5, 0.6) is 0 Å². The zero-order chi connectivity index (χ0) is 19.0. The summed E-state index contributed by atoms with van der Waals surface area (Å²) in [4.78, 5) is 26.9. The molecule has 0 spiro atoms. The number of hydrogen-bond acceptors (Lipinski definition) is 6. The van der Waals surface area contributed by atoms with Gasteiger partial charge in [-0.15, -0.1) is 5.10 Å². The SMILES string of the molecule is CCC(=O)N[C@@H]1CC[C@@]2(OC)CCN(C(=O)c3ccc4nnnn4c3)[C@H]2C1. The highest BCUT2D eigenvalue weighted by atomic mass is 16.5. The monoisotopic (exact) mass is 372 g/mol. The van der Waals surface area contributed by atoms with Crippen molar-refractivity contribution in [2.24, 2.45) is 0 Å². The van der Waals surface area contributed by atoms with Crippen LogP contribution < -0.4 is 5.32 Å². The van der Waals surface area contributed by atoms with E-state index in [2.05, 4.69) is 20.8 Å². The molecule has 1 saturated heterocycles. The molecule has 2 aliphatic rings. The molecule has 1 aliphatic heterocycles. The van der Waals surface area contributed by atoms with Crippen LogP contribution in [-0.4, -0.2) is 68.1 Å². The smallest absolute Gasteiger partial charge is 0.255 e. The topological polar surface area (TPSA) is 102 Å². The van der Waals surface area contributed by atoms with Crippen LogP contribution in [0.2, 0.25) is 0 Å². The van der Waals surface area contributed by atoms with Gasteiger partial charge in [-0.25, -0.2) is 0 Å². The molecular weight excluding hydrogens is 348 g/mol. The van der Waals surface area contributed by atoms with E-state index in [4.69, 9.17) is 4.74 Å². The normalized spacial score (nSPS) is 27.6. The van der Waals surface area contributed by atoms with Crippen LogP contribution in [0.1, 0.15) is 49.4 Å². The second kappa shape index (κ2) is 6.88. The summed E-state index contributed by atoms with van der Waals surface area (Å²) in [6, 6.07) is 3.49. The number of tetrazole rings is 1. The number of likely N-dealkylation sites (tertiary alicyclic amines) is 1. The third kappa shape index (κ3) is 3.05. The number of ether oxygens (including phenoxy) is 1. The first kappa shape index (κ1) is 17.8. The van der Waals surface area contributed by atoms with Gasteiger partial charge < -0.3 is 15.0 Å². The Morgan fingerprint density at radius 1 is 1.37 bits per heavy atom. The van der Waals surface area contributed by atoms with Gasteiger partial charge in [0.15, 0.2) is 5.65 Å². The largest absolute Gasteiger partial charge is 0.376 e. The molecule has 1 aliphatic carbocycles. The molecule has 4 rings (SSSR count). The maximum atomic E-state index is 13.2. The summed E-state index contributed by atoms with van der Waals surface area (Å²) in [5.41, 5.74) is 0.808. The highest BCUT2D eigenvalue weighted by Crippen LogP contribution is 2.43. The van der Waals surface area contributed by atoms with Gasteiger partial charge in [-0.1, -0.05) is 6.92 Å². The van der Waals surface area contributed by atoms with Crippen LogP contribution >= 0.6 is 0 Å². The number of amides is 2. The Morgan fingerprint density at radius 2 is 2.22 bits per heavy atom. The molecule has 2 aromatic heterocycles. The third-order valence-corrected chi connectivity index (χ3v) is 5.98. The molecule has 144 valence electrons. The summed E-state index contributed by atoms with van der Waals surface area (Å²) in [6.07, 6.45) is 5.34. The van der Waals surface area contributed by atoms with Gasteiger partial charge in [-0.2, -0.15) is 4.52 Å². The fourth-order valence-electron chi connectivity index (χ4n) is 4.43. The molecule has 0 aromatic carbocycles. The average Bonchev–Trinajstić information content (AvgIpc) is 3.31. The third-order valence-electron chi connectivity index (χ3n) is 5.98. The number of carbonyl (C=O) groups excluding carboxylic acids is 2. The Morgan fingerprint density at radius 3 is 3.00 bits per heavy atom. The van der Waals surface area contributed by atoms with Gasteiger partial charge in [0.05, 0.1) is 17.2 Å². The van der Waals surface area contributed by atoms with Gasteiger partial charge >= 0.3 is 0 Å². The lowest BCUT2D eigenvalue weighted by molar-refractivity contribution is -0.122. The molecule has 9 heteroatoms. The van der Waals surface area contributed by atoms with Gasteiger partial charge in [0.25, 0.3) is 5.91 Å². The summed E-state index contributed by atoms with van der Waals surface area (Å²) in [5, 5.41) is 14.4. The minimum atomic E-state index is -0.331. The molecule has 1 saturated carbocycles. The van der Waals surface area contributed by atoms with Gasteiger partial charge in [-0.05, 0) is 48.2 Å². The minimum Gasteiger partial charge on any atom is -0.376 e. The first-order chi connectivity index (χ1) is 13.1. The predicted octanol–water partition coefficient (Wildman–Crippen LogP) is 0.803. The zero-order valence-corrected chi connectivity index (χ0v) is 15.6. The van der Waals surface area contributed by atoms with E-state index in [1.54, 1.807) is 25.4 Å². The van der Waals surface area contributed by atoms with Crippen LogP contribution in [-0.2, 0) is 9.53 Å². The molecule has 0 bridgehead atoms. The molecule has 2 fully saturated rings. The van der Waals surface area contributed by atoms with E-state index in [1.165, 1.54) is 4.52 Å². The van der Waals surface area contributed by atoms with E-state index < -0.39 is 0 Å². The van der Waals surface area contributed by atoms with Crippen LogP contribution in [0.4, 0.5) is 0 Å². The van der Waals surface area contributed by atoms with Crippen LogP contribution in [0, 0.1) is 0 Å². The van der Waals surface area contributed by atoms with Gasteiger partial charge in [0.1, 0.15) is 0 Å². The molecule has 2 amide bonds. The lowest BCUT2D eigenvalue weighted by Gasteiger charge is -2.43. The molecular formula is C18H24N6O3. The van der Waals surface area contributed by atoms with Crippen LogP contribution in [0.3, 0.4) is 0 Å². The van der Waals surface area contributed by atoms with Crippen LogP contribution in [0.25, 0.3) is 5.65 Å². The lowest BCUT2D eigenvalue weighted by atomic mass is 9.78. The van der Waals surface area contributed by atoms with Crippen molar-refractivity contribution in [2.45, 2.75) is 56.7 Å². The van der Waals surface area contributed by atoms with E-state index in [0.717, 1.165) is 19.3 Å². The van der Waals surface area contributed by atoms with Gasteiger partial charge in [-0.3, -0.25) is 9.59 Å². The van der Waals surface area contributed by atoms with Crippen molar-refractivity contribution in [1.29, 1.82) is 0 Å².